The molecule has 1 aromatic heterocycles. The Kier molecular flexibility index (Phi) is 6.91. The van der Waals surface area contributed by atoms with Crippen molar-refractivity contribution in [1.29, 1.82) is 0 Å². The molecular weight excluding hydrogens is 441 g/mol. The van der Waals surface area contributed by atoms with E-state index in [1.165, 1.54) is 18.5 Å². The van der Waals surface area contributed by atoms with Crippen molar-refractivity contribution in [2.75, 3.05) is 38.1 Å². The minimum Gasteiger partial charge on any atom is -0.369 e. The van der Waals surface area contributed by atoms with Crippen molar-refractivity contribution in [2.45, 2.75) is 52.6 Å². The molecule has 0 bridgehead atoms. The molecule has 2 fully saturated rings. The van der Waals surface area contributed by atoms with Gasteiger partial charge in [0.05, 0.1) is 11.3 Å². The van der Waals surface area contributed by atoms with Crippen molar-refractivity contribution < 1.29 is 18.0 Å². The summed E-state index contributed by atoms with van der Waals surface area (Å²) in [6.45, 7) is 9.73. The zero-order chi connectivity index (χ0) is 24.7. The van der Waals surface area contributed by atoms with E-state index in [-0.39, 0.29) is 22.4 Å². The highest BCUT2D eigenvalue weighted by atomic mass is 19.4. The van der Waals surface area contributed by atoms with Gasteiger partial charge >= 0.3 is 6.18 Å². The molecule has 2 aromatic rings. The Bertz CT molecular complexity index is 1030. The normalized spacial score (nSPS) is 23.4. The van der Waals surface area contributed by atoms with Gasteiger partial charge in [-0.3, -0.25) is 14.8 Å². The largest absolute Gasteiger partial charge is 0.418 e. The highest BCUT2D eigenvalue weighted by Crippen LogP contribution is 2.41. The summed E-state index contributed by atoms with van der Waals surface area (Å²) < 4.78 is 40.6. The molecule has 3 heterocycles. The van der Waals surface area contributed by atoms with Gasteiger partial charge < -0.3 is 9.80 Å². The van der Waals surface area contributed by atoms with E-state index >= 15 is 0 Å². The first kappa shape index (κ1) is 24.9. The van der Waals surface area contributed by atoms with Crippen LogP contribution in [0.4, 0.5) is 18.9 Å². The molecule has 2 atom stereocenters. The average Bonchev–Trinajstić information content (AvgIpc) is 2.77. The summed E-state index contributed by atoms with van der Waals surface area (Å²) >= 11 is 0. The lowest BCUT2D eigenvalue weighted by molar-refractivity contribution is -0.136. The topological polar surface area (TPSA) is 49.3 Å². The monoisotopic (exact) mass is 476 g/mol. The molecule has 1 aromatic carbocycles. The van der Waals surface area contributed by atoms with E-state index in [1.807, 2.05) is 0 Å². The summed E-state index contributed by atoms with van der Waals surface area (Å²) in [6.07, 6.45) is 1.77. The van der Waals surface area contributed by atoms with E-state index in [4.69, 9.17) is 0 Å². The molecule has 0 unspecified atom stereocenters. The number of rotatable bonds is 5. The number of likely N-dealkylation sites (tertiary alicyclic amines) is 1. The van der Waals surface area contributed by atoms with Crippen LogP contribution in [0.25, 0.3) is 11.0 Å². The van der Waals surface area contributed by atoms with Gasteiger partial charge in [0, 0.05) is 37.3 Å². The quantitative estimate of drug-likeness (QED) is 0.575. The molecule has 2 aliphatic rings. The lowest BCUT2D eigenvalue weighted by Gasteiger charge is -2.41. The van der Waals surface area contributed by atoms with Crippen LogP contribution < -0.4 is 4.90 Å². The summed E-state index contributed by atoms with van der Waals surface area (Å²) in [5.74, 6) is 1.18. The van der Waals surface area contributed by atoms with E-state index in [1.54, 1.807) is 0 Å². The summed E-state index contributed by atoms with van der Waals surface area (Å²) in [6, 6.07) is 2.62. The zero-order valence-electron chi connectivity index (χ0n) is 20.5. The van der Waals surface area contributed by atoms with Gasteiger partial charge in [-0.1, -0.05) is 20.8 Å². The van der Waals surface area contributed by atoms with Crippen LogP contribution >= 0.6 is 0 Å². The zero-order valence-corrected chi connectivity index (χ0v) is 20.5. The van der Waals surface area contributed by atoms with E-state index in [0.717, 1.165) is 45.0 Å². The Hall–Kier alpha value is -2.22. The second-order valence-corrected chi connectivity index (χ2v) is 10.9. The van der Waals surface area contributed by atoms with Crippen molar-refractivity contribution >= 4 is 22.5 Å². The number of ketones is 1. The Morgan fingerprint density at radius 3 is 2.35 bits per heavy atom. The maximum Gasteiger partial charge on any atom is 0.418 e. The third kappa shape index (κ3) is 5.07. The van der Waals surface area contributed by atoms with Crippen molar-refractivity contribution in [1.82, 2.24) is 14.9 Å². The predicted octanol–water partition coefficient (Wildman–Crippen LogP) is 5.44. The second-order valence-electron chi connectivity index (χ2n) is 10.9. The Balaban J connectivity index is 1.54. The number of hydrogen-bond acceptors (Lipinski definition) is 5. The number of benzene rings is 1. The fraction of sp³-hybridized carbons (Fsp3) is 0.654. The van der Waals surface area contributed by atoms with E-state index < -0.39 is 11.7 Å². The molecule has 5 nitrogen and oxygen atoms in total. The molecule has 2 saturated heterocycles. The molecule has 0 spiro atoms. The minimum absolute atomic E-state index is 0.123. The summed E-state index contributed by atoms with van der Waals surface area (Å²) in [4.78, 5) is 26.2. The van der Waals surface area contributed by atoms with Crippen LogP contribution in [0.15, 0.2) is 24.5 Å². The van der Waals surface area contributed by atoms with Gasteiger partial charge in [0.25, 0.3) is 0 Å². The van der Waals surface area contributed by atoms with Crippen LogP contribution in [-0.2, 0) is 11.0 Å². The summed E-state index contributed by atoms with van der Waals surface area (Å²) in [5.41, 5.74) is -0.324. The molecule has 0 N–H and O–H groups in total. The smallest absolute Gasteiger partial charge is 0.369 e. The molecule has 0 saturated carbocycles. The van der Waals surface area contributed by atoms with Crippen LogP contribution in [0.2, 0.25) is 0 Å². The predicted molar refractivity (Wildman–Crippen MR) is 128 cm³/mol. The van der Waals surface area contributed by atoms with E-state index in [0.29, 0.717) is 36.3 Å². The Morgan fingerprint density at radius 2 is 1.71 bits per heavy atom. The molecule has 0 aliphatic carbocycles. The minimum atomic E-state index is -4.49. The number of carbonyl (C=O) groups excluding carboxylic acids is 1. The van der Waals surface area contributed by atoms with Crippen molar-refractivity contribution in [3.8, 4) is 0 Å². The number of alkyl halides is 3. The van der Waals surface area contributed by atoms with Gasteiger partial charge in [0.1, 0.15) is 16.8 Å². The lowest BCUT2D eigenvalue weighted by atomic mass is 9.68. The Morgan fingerprint density at radius 1 is 1.06 bits per heavy atom. The molecule has 186 valence electrons. The van der Waals surface area contributed by atoms with E-state index in [9.17, 15) is 18.0 Å². The molecule has 8 heteroatoms. The molecule has 0 amide bonds. The summed E-state index contributed by atoms with van der Waals surface area (Å²) in [7, 11) is 2.12. The van der Waals surface area contributed by atoms with Gasteiger partial charge in [-0.15, -0.1) is 0 Å². The van der Waals surface area contributed by atoms with Gasteiger partial charge in [-0.2, -0.15) is 13.2 Å². The number of fused-ring (bicyclic) bond motifs is 1. The second kappa shape index (κ2) is 9.44. The fourth-order valence-electron chi connectivity index (χ4n) is 5.83. The Labute approximate surface area is 199 Å². The van der Waals surface area contributed by atoms with Gasteiger partial charge in [0.2, 0.25) is 0 Å². The maximum absolute atomic E-state index is 13.5. The number of anilines is 1. The molecular formula is C26H35F3N4O. The summed E-state index contributed by atoms with van der Waals surface area (Å²) in [5, 5.41) is 0. The van der Waals surface area contributed by atoms with Crippen molar-refractivity contribution in [2.24, 2.45) is 23.2 Å². The fourth-order valence-corrected chi connectivity index (χ4v) is 5.83. The highest BCUT2D eigenvalue weighted by molar-refractivity contribution is 5.91. The lowest BCUT2D eigenvalue weighted by Crippen LogP contribution is -2.44. The van der Waals surface area contributed by atoms with Crippen LogP contribution in [0, 0.1) is 23.2 Å². The maximum atomic E-state index is 13.5. The average molecular weight is 477 g/mol. The van der Waals surface area contributed by atoms with Crippen LogP contribution in [0.5, 0.6) is 0 Å². The number of halogens is 3. The third-order valence-electron chi connectivity index (χ3n) is 7.93. The van der Waals surface area contributed by atoms with Crippen LogP contribution in [-0.4, -0.2) is 53.9 Å². The first-order valence-corrected chi connectivity index (χ1v) is 12.2. The highest BCUT2D eigenvalue weighted by Gasteiger charge is 2.40. The number of carbonyl (C=O) groups is 1. The molecule has 0 radical (unpaired) electrons. The number of nitrogens with zero attached hydrogens (tertiary/aromatic N) is 4. The standard InChI is InChI=1S/C26H35F3N4O/c1-17-13-18(14-22(34)25(2,3)19-7-11-32(4)12-8-19)16-33(15-17)21-6-5-20(26(27,28)29)23-24(21)31-10-9-30-23/h5-6,9-10,17-19H,7-8,11-16H2,1-4H3/t17-,18-/m0/s1. The van der Waals surface area contributed by atoms with Gasteiger partial charge in [-0.05, 0) is 69.3 Å². The number of hydrogen-bond donors (Lipinski definition) is 0. The van der Waals surface area contributed by atoms with Gasteiger partial charge in [-0.25, -0.2) is 0 Å². The first-order chi connectivity index (χ1) is 16.0. The van der Waals surface area contributed by atoms with Crippen LogP contribution in [0.1, 0.15) is 52.0 Å². The number of Topliss-reactive ketones (excluding diaryl/α,β-unsaturated/α-hetero) is 1. The van der Waals surface area contributed by atoms with Gasteiger partial charge in [0.15, 0.2) is 0 Å². The number of piperidine rings is 2. The first-order valence-electron chi connectivity index (χ1n) is 12.2. The SMILES string of the molecule is C[C@H]1C[C@@H](CC(=O)C(C)(C)C2CCN(C)CC2)CN(c2ccc(C(F)(F)F)c3nccnc23)C1. The van der Waals surface area contributed by atoms with Crippen molar-refractivity contribution in [3.63, 3.8) is 0 Å². The molecule has 2 aliphatic heterocycles. The molecule has 34 heavy (non-hydrogen) atoms. The van der Waals surface area contributed by atoms with Crippen molar-refractivity contribution in [3.05, 3.63) is 30.1 Å². The molecule has 4 rings (SSSR count). The van der Waals surface area contributed by atoms with Crippen LogP contribution in [0.3, 0.4) is 0 Å². The number of aromatic nitrogens is 2. The third-order valence-corrected chi connectivity index (χ3v) is 7.93. The van der Waals surface area contributed by atoms with E-state index in [2.05, 4.69) is 47.6 Å².